The Kier molecular flexibility index (Phi) is 13.2. The summed E-state index contributed by atoms with van der Waals surface area (Å²) in [6.45, 7) is 36.0. The zero-order valence-electron chi connectivity index (χ0n) is 52.6. The van der Waals surface area contributed by atoms with Gasteiger partial charge in [-0.1, -0.05) is 213 Å². The number of rotatable bonds is 10. The lowest BCUT2D eigenvalue weighted by atomic mass is 9.70. The van der Waals surface area contributed by atoms with E-state index < -0.39 is 21.6 Å². The minimum atomic E-state index is -1.73. The van der Waals surface area contributed by atoms with E-state index in [1.54, 1.807) is 0 Å². The fraction of sp³-hybridized carbons (Fsp3) is 0.190. The van der Waals surface area contributed by atoms with Gasteiger partial charge in [0.2, 0.25) is 11.8 Å². The summed E-state index contributed by atoms with van der Waals surface area (Å²) in [5.41, 5.74) is 19.8. The minimum absolute atomic E-state index is 0.0857. The highest BCUT2D eigenvalue weighted by Crippen LogP contribution is 2.67. The second-order valence-electron chi connectivity index (χ2n) is 28.1. The first-order valence-electron chi connectivity index (χ1n) is 30.7. The Bertz CT molecular complexity index is 4470. The molecule has 0 aliphatic heterocycles. The molecule has 1 spiro atoms. The molecule has 0 amide bonds. The van der Waals surface area contributed by atoms with Crippen LogP contribution >= 0.6 is 0 Å². The lowest BCUT2D eigenvalue weighted by Crippen LogP contribution is -2.37. The summed E-state index contributed by atoms with van der Waals surface area (Å²) < 4.78 is 15.1. The molecule has 0 fully saturated rings. The van der Waals surface area contributed by atoms with Crippen molar-refractivity contribution in [2.45, 2.75) is 97.1 Å². The Morgan fingerprint density at radius 3 is 1.25 bits per heavy atom. The van der Waals surface area contributed by atoms with E-state index in [4.69, 9.17) is 25.4 Å². The number of aromatic nitrogens is 2. The second kappa shape index (κ2) is 20.6. The number of oxazole rings is 2. The van der Waals surface area contributed by atoms with Gasteiger partial charge in [-0.25, -0.2) is 14.8 Å². The number of hydrogen-bond acceptors (Lipinski definition) is 7. The van der Waals surface area contributed by atoms with Gasteiger partial charge in [0.1, 0.15) is 11.0 Å². The molecule has 89 heavy (non-hydrogen) atoms. The van der Waals surface area contributed by atoms with Gasteiger partial charge in [-0.3, -0.25) is 0 Å². The summed E-state index contributed by atoms with van der Waals surface area (Å²) in [7, 11) is -3.45. The summed E-state index contributed by atoms with van der Waals surface area (Å²) in [6.07, 6.45) is 0. The summed E-state index contributed by atoms with van der Waals surface area (Å²) in [5, 5.41) is 13.1. The maximum Gasteiger partial charge on any atom is 0.227 e. The topological polar surface area (TPSA) is 86.7 Å². The fourth-order valence-corrected chi connectivity index (χ4v) is 15.8. The molecule has 0 unspecified atom stereocenters. The molecule has 8 nitrogen and oxygen atoms in total. The second-order valence-corrected chi connectivity index (χ2v) is 38.2. The molecule has 12 aromatic rings. The first kappa shape index (κ1) is 56.9. The van der Waals surface area contributed by atoms with Crippen molar-refractivity contribution in [3.05, 3.63) is 257 Å². The Morgan fingerprint density at radius 1 is 0.461 bits per heavy atom. The van der Waals surface area contributed by atoms with Gasteiger partial charge in [-0.05, 0) is 140 Å². The molecule has 0 saturated carbocycles. The van der Waals surface area contributed by atoms with Crippen LogP contribution in [0.2, 0.25) is 39.3 Å². The van der Waals surface area contributed by atoms with E-state index in [1.807, 2.05) is 48.5 Å². The maximum atomic E-state index is 10.3. The van der Waals surface area contributed by atoms with Crippen LogP contribution in [-0.4, -0.2) is 26.1 Å². The molecule has 2 aliphatic rings. The third-order valence-corrected chi connectivity index (χ3v) is 22.3. The molecule has 10 aromatic carbocycles. The maximum absolute atomic E-state index is 10.3. The molecule has 0 saturated heterocycles. The molecule has 0 bridgehead atoms. The Hall–Kier alpha value is -9.85. The van der Waals surface area contributed by atoms with Crippen LogP contribution in [0.5, 0.6) is 0 Å². The third kappa shape index (κ3) is 9.35. The van der Waals surface area contributed by atoms with E-state index in [0.29, 0.717) is 56.4 Å². The Labute approximate surface area is 524 Å². The number of nitrogens with zero attached hydrogens (tertiary/aromatic N) is 6. The van der Waals surface area contributed by atoms with Crippen LogP contribution in [0.25, 0.3) is 72.2 Å². The zero-order valence-corrected chi connectivity index (χ0v) is 54.6. The van der Waals surface area contributed by atoms with Crippen molar-refractivity contribution < 1.29 is 8.83 Å². The van der Waals surface area contributed by atoms with Crippen molar-refractivity contribution in [1.82, 2.24) is 9.97 Å². The molecule has 10 heteroatoms. The predicted molar refractivity (Wildman–Crippen MR) is 372 cm³/mol. The van der Waals surface area contributed by atoms with E-state index in [2.05, 4.69) is 259 Å². The van der Waals surface area contributed by atoms with Crippen LogP contribution < -0.4 is 20.2 Å². The van der Waals surface area contributed by atoms with E-state index in [0.717, 1.165) is 78.6 Å². The van der Waals surface area contributed by atoms with Crippen molar-refractivity contribution >= 4 is 88.5 Å². The number of benzene rings is 10. The number of fused-ring (bicyclic) bond motifs is 14. The molecule has 436 valence electrons. The zero-order chi connectivity index (χ0) is 62.1. The lowest BCUT2D eigenvalue weighted by molar-refractivity contribution is 0.590. The van der Waals surface area contributed by atoms with Crippen molar-refractivity contribution in [3.8, 4) is 51.2 Å². The Balaban J connectivity index is 1.17. The third-order valence-electron chi connectivity index (χ3n) is 18.2. The molecule has 14 rings (SSSR count). The Morgan fingerprint density at radius 2 is 0.854 bits per heavy atom. The van der Waals surface area contributed by atoms with Gasteiger partial charge in [0.15, 0.2) is 16.9 Å². The highest BCUT2D eigenvalue weighted by molar-refractivity contribution is 6.89. The van der Waals surface area contributed by atoms with Crippen LogP contribution in [0.15, 0.2) is 215 Å². The van der Waals surface area contributed by atoms with E-state index >= 15 is 0 Å². The molecule has 0 radical (unpaired) electrons. The van der Waals surface area contributed by atoms with Crippen LogP contribution in [0.3, 0.4) is 0 Å². The normalized spacial score (nSPS) is 13.2. The van der Waals surface area contributed by atoms with Crippen molar-refractivity contribution in [3.63, 3.8) is 0 Å². The standard InChI is InChI=1S/C79H70N6O2Si2/c1-77(2,3)52-28-32-55(33-29-52)84(57-36-40-59(41-37-57)88(8,9)10)67-46-65-69(73-71(67)82-75(86-73)50-21-18-20-49(44-50)48-80)70-66(79(65)63-26-16-14-24-61(63)62-25-15-17-27-64(62)79)47-68(72-74(70)87-76(83-72)51-22-19-23-54(45-51)81-7)85(56-34-30-53(31-35-56)78(4,5)6)58-38-42-60(43-39-58)89(11,12)13/h14-47H,1-6,8-13H3. The molecule has 0 N–H and O–H groups in total. The van der Waals surface area contributed by atoms with Gasteiger partial charge >= 0.3 is 0 Å². The van der Waals surface area contributed by atoms with Gasteiger partial charge in [0, 0.05) is 45.0 Å². The summed E-state index contributed by atoms with van der Waals surface area (Å²) in [6, 6.07) is 76.2. The first-order valence-corrected chi connectivity index (χ1v) is 37.7. The number of anilines is 6. The lowest BCUT2D eigenvalue weighted by Gasteiger charge is -2.33. The molecule has 2 aliphatic carbocycles. The SMILES string of the molecule is [C-]#[N+]c1cccc(-c2nc3c(N(c4ccc(C(C)(C)C)cc4)c4ccc([Si](C)(C)C)cc4)cc4c(c3o2)-c2c(cc(N(c3ccc(C(C)(C)C)cc3)c3ccc([Si](C)(C)C)cc3)c3nc(-c5cccc(C#N)c5)oc23)C42c3ccccc3-c3ccccc32)c1. The molecular formula is C79H70N6O2Si2. The van der Waals surface area contributed by atoms with Crippen molar-refractivity contribution in [1.29, 1.82) is 5.26 Å². The monoisotopic (exact) mass is 1190 g/mol. The van der Waals surface area contributed by atoms with Gasteiger partial charge in [0.05, 0.1) is 51.1 Å². The highest BCUT2D eigenvalue weighted by Gasteiger charge is 2.55. The van der Waals surface area contributed by atoms with Crippen LogP contribution in [0, 0.1) is 17.9 Å². The summed E-state index contributed by atoms with van der Waals surface area (Å²) in [4.78, 5) is 19.9. The van der Waals surface area contributed by atoms with Crippen LogP contribution in [-0.2, 0) is 16.2 Å². The van der Waals surface area contributed by atoms with Gasteiger partial charge in [-0.2, -0.15) is 5.26 Å². The van der Waals surface area contributed by atoms with E-state index in [1.165, 1.54) is 21.5 Å². The fourth-order valence-electron chi connectivity index (χ4n) is 13.5. The van der Waals surface area contributed by atoms with Gasteiger partial charge in [-0.15, -0.1) is 0 Å². The van der Waals surface area contributed by atoms with Gasteiger partial charge < -0.3 is 18.6 Å². The quantitative estimate of drug-likeness (QED) is 0.0996. The van der Waals surface area contributed by atoms with E-state index in [9.17, 15) is 5.26 Å². The first-order chi connectivity index (χ1) is 42.5. The minimum Gasteiger partial charge on any atom is -0.435 e. The predicted octanol–water partition coefficient (Wildman–Crippen LogP) is 20.7. The molecule has 2 heterocycles. The molecule has 0 atom stereocenters. The van der Waals surface area contributed by atoms with E-state index in [-0.39, 0.29) is 10.8 Å². The number of nitriles is 1. The van der Waals surface area contributed by atoms with Crippen LogP contribution in [0.1, 0.15) is 80.5 Å². The van der Waals surface area contributed by atoms with Crippen molar-refractivity contribution in [2.24, 2.45) is 0 Å². The average molecular weight is 1190 g/mol. The van der Waals surface area contributed by atoms with Gasteiger partial charge in [0.25, 0.3) is 0 Å². The summed E-state index contributed by atoms with van der Waals surface area (Å²) in [5.74, 6) is 0.769. The average Bonchev–Trinajstić information content (AvgIpc) is 1.49. The van der Waals surface area contributed by atoms with Crippen LogP contribution in [0.4, 0.5) is 39.8 Å². The number of hydrogen-bond donors (Lipinski definition) is 0. The summed E-state index contributed by atoms with van der Waals surface area (Å²) >= 11 is 0. The largest absolute Gasteiger partial charge is 0.435 e. The smallest absolute Gasteiger partial charge is 0.227 e. The highest BCUT2D eigenvalue weighted by atomic mass is 28.3. The van der Waals surface area contributed by atoms with Crippen molar-refractivity contribution in [2.75, 3.05) is 9.80 Å². The molecule has 2 aromatic heterocycles. The molecular weight excluding hydrogens is 1120 g/mol.